The van der Waals surface area contributed by atoms with E-state index in [9.17, 15) is 4.79 Å². The molecule has 2 aliphatic heterocycles. The van der Waals surface area contributed by atoms with E-state index in [2.05, 4.69) is 5.32 Å². The van der Waals surface area contributed by atoms with Crippen LogP contribution in [0.1, 0.15) is 0 Å². The van der Waals surface area contributed by atoms with Gasteiger partial charge >= 0.3 is 6.03 Å². The van der Waals surface area contributed by atoms with E-state index in [1.807, 2.05) is 4.90 Å². The van der Waals surface area contributed by atoms with Crippen LogP contribution in [0, 0.1) is 17.8 Å². The molecule has 0 spiro atoms. The van der Waals surface area contributed by atoms with Gasteiger partial charge in [0.15, 0.2) is 0 Å². The number of ether oxygens (including phenoxy) is 1. The highest BCUT2D eigenvalue weighted by Gasteiger charge is 2.54. The molecule has 4 heteroatoms. The van der Waals surface area contributed by atoms with Crippen LogP contribution < -0.4 is 5.32 Å². The van der Waals surface area contributed by atoms with Crippen LogP contribution in [0.3, 0.4) is 0 Å². The third kappa shape index (κ3) is 1.12. The number of hydrogen-bond acceptors (Lipinski definition) is 2. The zero-order chi connectivity index (χ0) is 8.84. The molecule has 1 N–H and O–H groups in total. The van der Waals surface area contributed by atoms with Gasteiger partial charge in [-0.2, -0.15) is 0 Å². The first-order chi connectivity index (χ1) is 6.36. The van der Waals surface area contributed by atoms with Crippen LogP contribution in [0.2, 0.25) is 0 Å². The van der Waals surface area contributed by atoms with Crippen LogP contribution in [0.25, 0.3) is 0 Å². The van der Waals surface area contributed by atoms with Crippen molar-refractivity contribution in [2.24, 2.45) is 17.8 Å². The van der Waals surface area contributed by atoms with E-state index in [1.165, 1.54) is 0 Å². The van der Waals surface area contributed by atoms with Crippen molar-refractivity contribution in [2.75, 3.05) is 32.8 Å². The second-order valence-corrected chi connectivity index (χ2v) is 4.21. The summed E-state index contributed by atoms with van der Waals surface area (Å²) in [6, 6.07) is 0.117. The number of carbonyl (C=O) groups excluding carboxylic acids is 1. The fourth-order valence-electron chi connectivity index (χ4n) is 2.57. The number of fused-ring (bicyclic) bond motifs is 1. The Morgan fingerprint density at radius 2 is 2.23 bits per heavy atom. The molecule has 1 saturated carbocycles. The first kappa shape index (κ1) is 7.62. The number of nitrogens with one attached hydrogen (secondary N) is 1. The summed E-state index contributed by atoms with van der Waals surface area (Å²) >= 11 is 0. The normalized spacial score (nSPS) is 42.0. The summed E-state index contributed by atoms with van der Waals surface area (Å²) in [6.45, 7) is 4.49. The highest BCUT2D eigenvalue weighted by molar-refractivity contribution is 5.76. The molecule has 2 atom stereocenters. The lowest BCUT2D eigenvalue weighted by atomic mass is 10.3. The molecular formula is C9H14N2O2. The average molecular weight is 182 g/mol. The summed E-state index contributed by atoms with van der Waals surface area (Å²) in [5, 5.41) is 2.82. The van der Waals surface area contributed by atoms with Crippen LogP contribution in [-0.4, -0.2) is 43.8 Å². The van der Waals surface area contributed by atoms with Gasteiger partial charge in [-0.15, -0.1) is 0 Å². The predicted molar refractivity (Wildman–Crippen MR) is 46.3 cm³/mol. The van der Waals surface area contributed by atoms with Gasteiger partial charge in [-0.05, 0) is 17.8 Å². The Balaban J connectivity index is 1.56. The number of nitrogens with zero attached hydrogens (tertiary/aromatic N) is 1. The summed E-state index contributed by atoms with van der Waals surface area (Å²) in [7, 11) is 0. The van der Waals surface area contributed by atoms with Gasteiger partial charge in [-0.1, -0.05) is 0 Å². The van der Waals surface area contributed by atoms with E-state index in [-0.39, 0.29) is 6.03 Å². The van der Waals surface area contributed by atoms with Crippen LogP contribution in [0.15, 0.2) is 0 Å². The molecule has 1 aliphatic carbocycles. The summed E-state index contributed by atoms with van der Waals surface area (Å²) in [6.07, 6.45) is 0. The van der Waals surface area contributed by atoms with E-state index in [1.54, 1.807) is 0 Å². The lowest BCUT2D eigenvalue weighted by Crippen LogP contribution is -2.31. The van der Waals surface area contributed by atoms with E-state index in [4.69, 9.17) is 4.74 Å². The maximum atomic E-state index is 11.2. The molecule has 2 heterocycles. The van der Waals surface area contributed by atoms with Crippen molar-refractivity contribution in [3.05, 3.63) is 0 Å². The number of hydrogen-bond donors (Lipinski definition) is 1. The van der Waals surface area contributed by atoms with Crippen molar-refractivity contribution in [3.8, 4) is 0 Å². The Bertz CT molecular complexity index is 234. The zero-order valence-corrected chi connectivity index (χ0v) is 7.53. The van der Waals surface area contributed by atoms with E-state index >= 15 is 0 Å². The van der Waals surface area contributed by atoms with E-state index in [0.717, 1.165) is 50.6 Å². The lowest BCUT2D eigenvalue weighted by molar-refractivity contribution is 0.143. The van der Waals surface area contributed by atoms with E-state index in [0.29, 0.717) is 0 Å². The molecule has 2 unspecified atom stereocenters. The van der Waals surface area contributed by atoms with Crippen molar-refractivity contribution in [1.29, 1.82) is 0 Å². The Morgan fingerprint density at radius 3 is 2.85 bits per heavy atom. The van der Waals surface area contributed by atoms with Gasteiger partial charge < -0.3 is 15.0 Å². The quantitative estimate of drug-likeness (QED) is 0.648. The number of rotatable bonds is 2. The lowest BCUT2D eigenvalue weighted by Gasteiger charge is -2.14. The van der Waals surface area contributed by atoms with Gasteiger partial charge in [-0.25, -0.2) is 4.79 Å². The molecule has 2 saturated heterocycles. The fraction of sp³-hybridized carbons (Fsp3) is 0.889. The van der Waals surface area contributed by atoms with Crippen LogP contribution in [0.4, 0.5) is 4.79 Å². The summed E-state index contributed by atoms with van der Waals surface area (Å²) < 4.78 is 5.31. The number of urea groups is 1. The zero-order valence-electron chi connectivity index (χ0n) is 7.53. The summed E-state index contributed by atoms with van der Waals surface area (Å²) in [5.74, 6) is 2.25. The van der Waals surface area contributed by atoms with Gasteiger partial charge in [0.2, 0.25) is 0 Å². The molecule has 0 aromatic carbocycles. The molecule has 0 bridgehead atoms. The molecule has 4 nitrogen and oxygen atoms in total. The van der Waals surface area contributed by atoms with Crippen LogP contribution in [0.5, 0.6) is 0 Å². The molecule has 3 fully saturated rings. The molecule has 3 rings (SSSR count). The largest absolute Gasteiger partial charge is 0.381 e. The first-order valence-electron chi connectivity index (χ1n) is 4.97. The molecule has 0 radical (unpaired) electrons. The van der Waals surface area contributed by atoms with Crippen molar-refractivity contribution >= 4 is 6.03 Å². The fourth-order valence-corrected chi connectivity index (χ4v) is 2.57. The Kier molecular flexibility index (Phi) is 1.53. The maximum absolute atomic E-state index is 11.2. The van der Waals surface area contributed by atoms with Crippen LogP contribution >= 0.6 is 0 Å². The minimum atomic E-state index is 0.117. The highest BCUT2D eigenvalue weighted by Crippen LogP contribution is 2.50. The van der Waals surface area contributed by atoms with Crippen molar-refractivity contribution in [2.45, 2.75) is 0 Å². The average Bonchev–Trinajstić information content (AvgIpc) is 2.57. The predicted octanol–water partition coefficient (Wildman–Crippen LogP) is -0.0960. The van der Waals surface area contributed by atoms with Crippen LogP contribution in [-0.2, 0) is 4.74 Å². The third-order valence-corrected chi connectivity index (χ3v) is 3.51. The smallest absolute Gasteiger partial charge is 0.317 e. The summed E-state index contributed by atoms with van der Waals surface area (Å²) in [5.41, 5.74) is 0. The van der Waals surface area contributed by atoms with Crippen molar-refractivity contribution < 1.29 is 9.53 Å². The molecule has 0 aromatic heterocycles. The molecular weight excluding hydrogens is 168 g/mol. The van der Waals surface area contributed by atoms with Gasteiger partial charge in [-0.3, -0.25) is 0 Å². The Labute approximate surface area is 77.2 Å². The standard InChI is InChI=1S/C9H14N2O2/c12-9-10-1-2-11(9)3-6-7-4-13-5-8(6)7/h6-8H,1-5H2,(H,10,12). The topological polar surface area (TPSA) is 41.6 Å². The number of carbonyl (C=O) groups is 1. The Hall–Kier alpha value is -0.770. The Morgan fingerprint density at radius 1 is 1.46 bits per heavy atom. The van der Waals surface area contributed by atoms with Gasteiger partial charge in [0.05, 0.1) is 13.2 Å². The number of amides is 2. The minimum Gasteiger partial charge on any atom is -0.381 e. The second-order valence-electron chi connectivity index (χ2n) is 4.21. The molecule has 13 heavy (non-hydrogen) atoms. The van der Waals surface area contributed by atoms with Crippen molar-refractivity contribution in [3.63, 3.8) is 0 Å². The monoisotopic (exact) mass is 182 g/mol. The van der Waals surface area contributed by atoms with Crippen molar-refractivity contribution in [1.82, 2.24) is 10.2 Å². The minimum absolute atomic E-state index is 0.117. The molecule has 2 amide bonds. The van der Waals surface area contributed by atoms with Gasteiger partial charge in [0, 0.05) is 19.6 Å². The SMILES string of the molecule is O=C1NCCN1CC1C2COCC21. The van der Waals surface area contributed by atoms with E-state index < -0.39 is 0 Å². The molecule has 72 valence electrons. The van der Waals surface area contributed by atoms with Gasteiger partial charge in [0.1, 0.15) is 0 Å². The summed E-state index contributed by atoms with van der Waals surface area (Å²) in [4.78, 5) is 13.2. The molecule has 3 aliphatic rings. The second kappa shape index (κ2) is 2.61. The highest BCUT2D eigenvalue weighted by atomic mass is 16.5. The third-order valence-electron chi connectivity index (χ3n) is 3.51. The molecule has 0 aromatic rings. The van der Waals surface area contributed by atoms with Gasteiger partial charge in [0.25, 0.3) is 0 Å². The first-order valence-corrected chi connectivity index (χ1v) is 4.97. The maximum Gasteiger partial charge on any atom is 0.317 e.